The zero-order valence-electron chi connectivity index (χ0n) is 17.7. The second kappa shape index (κ2) is 9.07. The van der Waals surface area contributed by atoms with E-state index in [1.165, 1.54) is 4.68 Å². The highest BCUT2D eigenvalue weighted by molar-refractivity contribution is 9.10. The summed E-state index contributed by atoms with van der Waals surface area (Å²) < 4.78 is 13.4. The second-order valence-electron chi connectivity index (χ2n) is 8.12. The van der Waals surface area contributed by atoms with Crippen LogP contribution < -0.4 is 9.64 Å². The number of anilines is 1. The Morgan fingerprint density at radius 1 is 1.17 bits per heavy atom. The molecule has 0 atom stereocenters. The lowest BCUT2D eigenvalue weighted by molar-refractivity contribution is 0.0240. The van der Waals surface area contributed by atoms with Gasteiger partial charge in [0.05, 0.1) is 4.47 Å². The molecule has 3 rings (SSSR count). The van der Waals surface area contributed by atoms with Crippen molar-refractivity contribution < 1.29 is 19.1 Å². The number of halogens is 1. The van der Waals surface area contributed by atoms with Crippen molar-refractivity contribution in [2.45, 2.75) is 33.0 Å². The monoisotopic (exact) mass is 478 g/mol. The number of nitrogens with zero attached hydrogens (tertiary/aromatic N) is 4. The smallest absolute Gasteiger partial charge is 0.410 e. The number of amides is 1. The van der Waals surface area contributed by atoms with Gasteiger partial charge in [0.1, 0.15) is 29.3 Å². The van der Waals surface area contributed by atoms with Crippen molar-refractivity contribution in [1.82, 2.24) is 14.7 Å². The lowest BCUT2D eigenvalue weighted by Gasteiger charge is -2.36. The van der Waals surface area contributed by atoms with Gasteiger partial charge < -0.3 is 19.3 Å². The van der Waals surface area contributed by atoms with Crippen LogP contribution in [-0.2, 0) is 18.4 Å². The molecular weight excluding hydrogens is 452 g/mol. The molecule has 9 heteroatoms. The van der Waals surface area contributed by atoms with Gasteiger partial charge in [0.15, 0.2) is 6.29 Å². The molecular formula is C21H27BrN4O4. The van der Waals surface area contributed by atoms with E-state index in [4.69, 9.17) is 9.47 Å². The fourth-order valence-electron chi connectivity index (χ4n) is 3.17. The standard InChI is InChI=1S/C21H27BrN4O4/c1-21(2,3)30-20(28)26-11-9-25(10-12-26)15-5-7-16(8-6-15)29-14-17-19(22)18(13-27)24(4)23-17/h5-8,13H,9-12,14H2,1-4H3. The minimum atomic E-state index is -0.482. The zero-order chi connectivity index (χ0) is 21.9. The largest absolute Gasteiger partial charge is 0.487 e. The molecule has 0 saturated carbocycles. The lowest BCUT2D eigenvalue weighted by Crippen LogP contribution is -2.50. The van der Waals surface area contributed by atoms with Crippen molar-refractivity contribution in [1.29, 1.82) is 0 Å². The van der Waals surface area contributed by atoms with E-state index in [0.29, 0.717) is 29.0 Å². The minimum Gasteiger partial charge on any atom is -0.487 e. The predicted molar refractivity (Wildman–Crippen MR) is 117 cm³/mol. The Morgan fingerprint density at radius 3 is 2.33 bits per heavy atom. The Morgan fingerprint density at radius 2 is 1.80 bits per heavy atom. The Kier molecular flexibility index (Phi) is 6.70. The molecule has 0 N–H and O–H groups in total. The molecule has 30 heavy (non-hydrogen) atoms. The van der Waals surface area contributed by atoms with Crippen LogP contribution in [0.3, 0.4) is 0 Å². The van der Waals surface area contributed by atoms with Gasteiger partial charge >= 0.3 is 6.09 Å². The molecule has 0 bridgehead atoms. The molecule has 2 aromatic rings. The zero-order valence-corrected chi connectivity index (χ0v) is 19.3. The number of benzene rings is 1. The van der Waals surface area contributed by atoms with Crippen LogP contribution in [0.5, 0.6) is 5.75 Å². The number of aldehydes is 1. The summed E-state index contributed by atoms with van der Waals surface area (Å²) in [7, 11) is 1.72. The van der Waals surface area contributed by atoms with Crippen LogP contribution in [0.25, 0.3) is 0 Å². The molecule has 1 aliphatic heterocycles. The first kappa shape index (κ1) is 22.1. The van der Waals surface area contributed by atoms with Gasteiger partial charge in [-0.1, -0.05) is 0 Å². The van der Waals surface area contributed by atoms with E-state index < -0.39 is 5.60 Å². The van der Waals surface area contributed by atoms with E-state index in [1.807, 2.05) is 45.0 Å². The number of aromatic nitrogens is 2. The predicted octanol–water partition coefficient (Wildman–Crippen LogP) is 3.63. The number of hydrogen-bond acceptors (Lipinski definition) is 6. The number of carbonyl (C=O) groups is 2. The van der Waals surface area contributed by atoms with Gasteiger partial charge in [0, 0.05) is 38.9 Å². The summed E-state index contributed by atoms with van der Waals surface area (Å²) in [5, 5.41) is 4.29. The first-order valence-electron chi connectivity index (χ1n) is 9.80. The van der Waals surface area contributed by atoms with E-state index in [-0.39, 0.29) is 12.7 Å². The maximum absolute atomic E-state index is 12.2. The molecule has 1 amide bonds. The van der Waals surface area contributed by atoms with Gasteiger partial charge in [-0.2, -0.15) is 5.10 Å². The third-order valence-electron chi connectivity index (χ3n) is 4.72. The maximum Gasteiger partial charge on any atom is 0.410 e. The molecule has 1 aromatic carbocycles. The van der Waals surface area contributed by atoms with Gasteiger partial charge in [-0.05, 0) is 61.0 Å². The number of piperazine rings is 1. The third kappa shape index (κ3) is 5.33. The lowest BCUT2D eigenvalue weighted by atomic mass is 10.2. The Balaban J connectivity index is 1.53. The van der Waals surface area contributed by atoms with Crippen molar-refractivity contribution in [3.8, 4) is 5.75 Å². The van der Waals surface area contributed by atoms with E-state index in [9.17, 15) is 9.59 Å². The topological polar surface area (TPSA) is 76.9 Å². The summed E-state index contributed by atoms with van der Waals surface area (Å²) in [5.41, 5.74) is 1.74. The maximum atomic E-state index is 12.2. The summed E-state index contributed by atoms with van der Waals surface area (Å²) in [5.74, 6) is 0.719. The van der Waals surface area contributed by atoms with Gasteiger partial charge in [-0.25, -0.2) is 4.79 Å². The van der Waals surface area contributed by atoms with Crippen molar-refractivity contribution in [3.63, 3.8) is 0 Å². The van der Waals surface area contributed by atoms with E-state index in [1.54, 1.807) is 11.9 Å². The van der Waals surface area contributed by atoms with Crippen molar-refractivity contribution in [2.24, 2.45) is 7.05 Å². The molecule has 162 valence electrons. The molecule has 1 saturated heterocycles. The molecule has 0 unspecified atom stereocenters. The fraction of sp³-hybridized carbons (Fsp3) is 0.476. The van der Waals surface area contributed by atoms with Crippen LogP contribution in [-0.4, -0.2) is 58.8 Å². The Bertz CT molecular complexity index is 897. The number of carbonyl (C=O) groups excluding carboxylic acids is 2. The number of rotatable bonds is 5. The van der Waals surface area contributed by atoms with E-state index in [2.05, 4.69) is 25.9 Å². The molecule has 0 aliphatic carbocycles. The van der Waals surface area contributed by atoms with Crippen LogP contribution in [0.4, 0.5) is 10.5 Å². The first-order valence-corrected chi connectivity index (χ1v) is 10.6. The molecule has 2 heterocycles. The fourth-order valence-corrected chi connectivity index (χ4v) is 3.71. The minimum absolute atomic E-state index is 0.260. The summed E-state index contributed by atoms with van der Waals surface area (Å²) in [6.07, 6.45) is 0.502. The highest BCUT2D eigenvalue weighted by Gasteiger charge is 2.26. The summed E-state index contributed by atoms with van der Waals surface area (Å²) in [6.45, 7) is 8.62. The van der Waals surface area contributed by atoms with Gasteiger partial charge in [-0.3, -0.25) is 9.48 Å². The highest BCUT2D eigenvalue weighted by atomic mass is 79.9. The molecule has 8 nitrogen and oxygen atoms in total. The average Bonchev–Trinajstić information content (AvgIpc) is 2.98. The first-order chi connectivity index (χ1) is 14.2. The number of aryl methyl sites for hydroxylation is 1. The van der Waals surface area contributed by atoms with E-state index >= 15 is 0 Å². The van der Waals surface area contributed by atoms with Crippen LogP contribution in [0.15, 0.2) is 28.7 Å². The van der Waals surface area contributed by atoms with Crippen LogP contribution in [0.2, 0.25) is 0 Å². The highest BCUT2D eigenvalue weighted by Crippen LogP contribution is 2.24. The van der Waals surface area contributed by atoms with Crippen LogP contribution >= 0.6 is 15.9 Å². The van der Waals surface area contributed by atoms with Crippen LogP contribution in [0.1, 0.15) is 37.0 Å². The Hall–Kier alpha value is -2.55. The van der Waals surface area contributed by atoms with Crippen LogP contribution in [0, 0.1) is 0 Å². The second-order valence-corrected chi connectivity index (χ2v) is 8.92. The number of hydrogen-bond donors (Lipinski definition) is 0. The normalized spacial score (nSPS) is 14.6. The SMILES string of the molecule is Cn1nc(COc2ccc(N3CCN(C(=O)OC(C)(C)C)CC3)cc2)c(Br)c1C=O. The molecule has 1 aromatic heterocycles. The van der Waals surface area contributed by atoms with E-state index in [0.717, 1.165) is 30.8 Å². The molecule has 1 fully saturated rings. The number of ether oxygens (including phenoxy) is 2. The van der Waals surface area contributed by atoms with Crippen molar-refractivity contribution in [3.05, 3.63) is 40.1 Å². The molecule has 0 radical (unpaired) electrons. The summed E-state index contributed by atoms with van der Waals surface area (Å²) >= 11 is 3.39. The van der Waals surface area contributed by atoms with Gasteiger partial charge in [-0.15, -0.1) is 0 Å². The van der Waals surface area contributed by atoms with Gasteiger partial charge in [0.25, 0.3) is 0 Å². The molecule has 1 aliphatic rings. The summed E-state index contributed by atoms with van der Waals surface area (Å²) in [4.78, 5) is 27.3. The summed E-state index contributed by atoms with van der Waals surface area (Å²) in [6, 6.07) is 7.83. The average molecular weight is 479 g/mol. The van der Waals surface area contributed by atoms with Crippen molar-refractivity contribution in [2.75, 3.05) is 31.1 Å². The Labute approximate surface area is 184 Å². The quantitative estimate of drug-likeness (QED) is 0.610. The van der Waals surface area contributed by atoms with Crippen molar-refractivity contribution >= 4 is 34.0 Å². The third-order valence-corrected chi connectivity index (χ3v) is 5.58. The molecule has 0 spiro atoms. The van der Waals surface area contributed by atoms with Gasteiger partial charge in [0.2, 0.25) is 0 Å².